The Balaban J connectivity index is 1.94. The van der Waals surface area contributed by atoms with Crippen LogP contribution >= 0.6 is 0 Å². The molecule has 1 amide bonds. The minimum Gasteiger partial charge on any atom is -0.394 e. The Kier molecular flexibility index (Phi) is 6.20. The number of aliphatic hydroxyl groups is 2. The van der Waals surface area contributed by atoms with Crippen LogP contribution in [-0.4, -0.2) is 43.5 Å². The predicted octanol–water partition coefficient (Wildman–Crippen LogP) is 0.701. The van der Waals surface area contributed by atoms with Crippen molar-refractivity contribution in [1.29, 1.82) is 0 Å². The highest BCUT2D eigenvalue weighted by atomic mass is 16.6. The van der Waals surface area contributed by atoms with E-state index < -0.39 is 23.7 Å². The molecule has 0 saturated carbocycles. The van der Waals surface area contributed by atoms with E-state index in [4.69, 9.17) is 0 Å². The molecule has 0 aliphatic carbocycles. The van der Waals surface area contributed by atoms with Gasteiger partial charge in [0.15, 0.2) is 0 Å². The summed E-state index contributed by atoms with van der Waals surface area (Å²) >= 11 is 0. The van der Waals surface area contributed by atoms with Crippen molar-refractivity contribution in [2.75, 3.05) is 6.61 Å². The first kappa shape index (κ1) is 18.6. The van der Waals surface area contributed by atoms with Crippen LogP contribution in [0, 0.1) is 17.0 Å². The maximum absolute atomic E-state index is 12.0. The van der Waals surface area contributed by atoms with E-state index in [1.54, 1.807) is 10.9 Å². The Morgan fingerprint density at radius 3 is 2.56 bits per heavy atom. The predicted molar refractivity (Wildman–Crippen MR) is 88.7 cm³/mol. The number of amides is 1. The summed E-state index contributed by atoms with van der Waals surface area (Å²) in [5, 5.41) is 37.0. The molecule has 134 valence electrons. The van der Waals surface area contributed by atoms with Crippen molar-refractivity contribution in [2.45, 2.75) is 32.0 Å². The first-order valence-corrected chi connectivity index (χ1v) is 7.73. The number of hydrogen-bond acceptors (Lipinski definition) is 6. The second-order valence-electron chi connectivity index (χ2n) is 5.60. The fourth-order valence-electron chi connectivity index (χ4n) is 2.37. The van der Waals surface area contributed by atoms with Crippen LogP contribution < -0.4 is 5.32 Å². The average Bonchev–Trinajstić information content (AvgIpc) is 3.02. The maximum Gasteiger partial charge on any atom is 0.269 e. The zero-order chi connectivity index (χ0) is 18.4. The van der Waals surface area contributed by atoms with E-state index in [2.05, 4.69) is 10.4 Å². The summed E-state index contributed by atoms with van der Waals surface area (Å²) in [6, 6.07) is 6.22. The van der Waals surface area contributed by atoms with Gasteiger partial charge in [-0.15, -0.1) is 0 Å². The van der Waals surface area contributed by atoms with Crippen LogP contribution in [0.2, 0.25) is 0 Å². The first-order chi connectivity index (χ1) is 11.9. The van der Waals surface area contributed by atoms with Gasteiger partial charge >= 0.3 is 0 Å². The van der Waals surface area contributed by atoms with Crippen LogP contribution in [0.15, 0.2) is 36.5 Å². The molecule has 0 fully saturated rings. The molecule has 3 N–H and O–H groups in total. The number of aryl methyl sites for hydroxylation is 2. The van der Waals surface area contributed by atoms with Crippen molar-refractivity contribution in [3.63, 3.8) is 0 Å². The van der Waals surface area contributed by atoms with Crippen LogP contribution in [0.1, 0.15) is 23.8 Å². The number of nitro benzene ring substituents is 1. The highest BCUT2D eigenvalue weighted by molar-refractivity contribution is 5.76. The van der Waals surface area contributed by atoms with Crippen molar-refractivity contribution in [3.05, 3.63) is 57.9 Å². The largest absolute Gasteiger partial charge is 0.394 e. The van der Waals surface area contributed by atoms with Crippen LogP contribution in [0.3, 0.4) is 0 Å². The van der Waals surface area contributed by atoms with Crippen LogP contribution in [-0.2, 0) is 11.3 Å². The molecule has 0 spiro atoms. The lowest BCUT2D eigenvalue weighted by molar-refractivity contribution is -0.384. The third kappa shape index (κ3) is 4.85. The lowest BCUT2D eigenvalue weighted by atomic mass is 10.0. The quantitative estimate of drug-likeness (QED) is 0.475. The first-order valence-electron chi connectivity index (χ1n) is 7.73. The van der Waals surface area contributed by atoms with Gasteiger partial charge in [-0.2, -0.15) is 5.10 Å². The molecule has 0 aliphatic heterocycles. The minimum absolute atomic E-state index is 0.102. The summed E-state index contributed by atoms with van der Waals surface area (Å²) in [5.74, 6) is -0.338. The third-order valence-corrected chi connectivity index (χ3v) is 3.85. The second-order valence-corrected chi connectivity index (χ2v) is 5.60. The average molecular weight is 348 g/mol. The topological polar surface area (TPSA) is 131 Å². The lowest BCUT2D eigenvalue weighted by Gasteiger charge is -2.22. The highest BCUT2D eigenvalue weighted by Crippen LogP contribution is 2.20. The van der Waals surface area contributed by atoms with Crippen LogP contribution in [0.25, 0.3) is 0 Å². The van der Waals surface area contributed by atoms with E-state index in [0.717, 1.165) is 5.69 Å². The molecule has 25 heavy (non-hydrogen) atoms. The van der Waals surface area contributed by atoms with Gasteiger partial charge in [-0.05, 0) is 30.7 Å². The Morgan fingerprint density at radius 1 is 1.36 bits per heavy atom. The molecule has 0 saturated heterocycles. The number of aromatic nitrogens is 2. The van der Waals surface area contributed by atoms with Crippen LogP contribution in [0.5, 0.6) is 0 Å². The molecule has 0 aliphatic rings. The zero-order valence-corrected chi connectivity index (χ0v) is 13.7. The molecular weight excluding hydrogens is 328 g/mol. The van der Waals surface area contributed by atoms with Gasteiger partial charge < -0.3 is 15.5 Å². The minimum atomic E-state index is -1.18. The number of nitro groups is 1. The SMILES string of the molecule is Cc1ccnn1CCC(=O)NC(CO)C(O)c1ccc([N+](=O)[O-])cc1. The van der Waals surface area contributed by atoms with Gasteiger partial charge in [0.25, 0.3) is 5.69 Å². The molecule has 1 aromatic carbocycles. The summed E-state index contributed by atoms with van der Waals surface area (Å²) in [6.07, 6.45) is 0.606. The number of hydrogen-bond donors (Lipinski definition) is 3. The van der Waals surface area contributed by atoms with E-state index in [1.807, 2.05) is 13.0 Å². The molecule has 9 nitrogen and oxygen atoms in total. The number of non-ortho nitro benzene ring substituents is 1. The van der Waals surface area contributed by atoms with Crippen molar-refractivity contribution >= 4 is 11.6 Å². The van der Waals surface area contributed by atoms with Gasteiger partial charge in [-0.1, -0.05) is 0 Å². The number of aliphatic hydroxyl groups excluding tert-OH is 2. The molecule has 2 unspecified atom stereocenters. The maximum atomic E-state index is 12.0. The number of nitrogens with one attached hydrogen (secondary N) is 1. The summed E-state index contributed by atoms with van der Waals surface area (Å²) in [6.45, 7) is 1.79. The lowest BCUT2D eigenvalue weighted by Crippen LogP contribution is -2.42. The molecule has 2 rings (SSSR count). The molecule has 9 heteroatoms. The highest BCUT2D eigenvalue weighted by Gasteiger charge is 2.22. The number of carbonyl (C=O) groups excluding carboxylic acids is 1. The van der Waals surface area contributed by atoms with Gasteiger partial charge in [0.2, 0.25) is 5.91 Å². The summed E-state index contributed by atoms with van der Waals surface area (Å²) in [5.41, 5.74) is 1.19. The molecule has 1 aromatic heterocycles. The smallest absolute Gasteiger partial charge is 0.269 e. The van der Waals surface area contributed by atoms with Gasteiger partial charge in [-0.25, -0.2) is 0 Å². The standard InChI is InChI=1S/C16H20N4O5/c1-11-6-8-17-19(11)9-7-15(22)18-14(10-21)16(23)12-2-4-13(5-3-12)20(24)25/h2-6,8,14,16,21,23H,7,9-10H2,1H3,(H,18,22). The third-order valence-electron chi connectivity index (χ3n) is 3.85. The van der Waals surface area contributed by atoms with Crippen molar-refractivity contribution in [2.24, 2.45) is 0 Å². The van der Waals surface area contributed by atoms with E-state index in [-0.39, 0.29) is 18.0 Å². The van der Waals surface area contributed by atoms with E-state index >= 15 is 0 Å². The Hall–Kier alpha value is -2.78. The fourth-order valence-corrected chi connectivity index (χ4v) is 2.37. The Bertz CT molecular complexity index is 728. The van der Waals surface area contributed by atoms with E-state index in [0.29, 0.717) is 12.1 Å². The number of rotatable bonds is 8. The molecule has 2 atom stereocenters. The number of nitrogens with zero attached hydrogens (tertiary/aromatic N) is 3. The monoisotopic (exact) mass is 348 g/mol. The molecule has 0 bridgehead atoms. The van der Waals surface area contributed by atoms with Gasteiger partial charge in [0.05, 0.1) is 17.6 Å². The summed E-state index contributed by atoms with van der Waals surface area (Å²) in [7, 11) is 0. The summed E-state index contributed by atoms with van der Waals surface area (Å²) < 4.78 is 1.68. The molecular formula is C16H20N4O5. The van der Waals surface area contributed by atoms with Gasteiger partial charge in [-0.3, -0.25) is 19.6 Å². The number of benzene rings is 1. The van der Waals surface area contributed by atoms with E-state index in [1.165, 1.54) is 24.3 Å². The molecule has 1 heterocycles. The second kappa shape index (κ2) is 8.36. The Labute approximate surface area is 144 Å². The van der Waals surface area contributed by atoms with Crippen molar-refractivity contribution < 1.29 is 19.9 Å². The normalized spacial score (nSPS) is 13.2. The van der Waals surface area contributed by atoms with Crippen molar-refractivity contribution in [3.8, 4) is 0 Å². The summed E-state index contributed by atoms with van der Waals surface area (Å²) in [4.78, 5) is 22.1. The van der Waals surface area contributed by atoms with E-state index in [9.17, 15) is 25.1 Å². The Morgan fingerprint density at radius 2 is 2.04 bits per heavy atom. The molecule has 2 aromatic rings. The number of carbonyl (C=O) groups is 1. The zero-order valence-electron chi connectivity index (χ0n) is 13.7. The molecule has 0 radical (unpaired) electrons. The van der Waals surface area contributed by atoms with Gasteiger partial charge in [0.1, 0.15) is 6.10 Å². The van der Waals surface area contributed by atoms with Crippen molar-refractivity contribution in [1.82, 2.24) is 15.1 Å². The van der Waals surface area contributed by atoms with Gasteiger partial charge in [0, 0.05) is 37.0 Å². The fraction of sp³-hybridized carbons (Fsp3) is 0.375. The van der Waals surface area contributed by atoms with Crippen LogP contribution in [0.4, 0.5) is 5.69 Å².